The minimum atomic E-state index is -1.62. The first kappa shape index (κ1) is 59.2. The van der Waals surface area contributed by atoms with Crippen molar-refractivity contribution in [2.45, 2.75) is 225 Å². The summed E-state index contributed by atoms with van der Waals surface area (Å²) in [5.41, 5.74) is 0. The van der Waals surface area contributed by atoms with E-state index in [4.69, 9.17) is 18.9 Å². The van der Waals surface area contributed by atoms with Crippen LogP contribution in [-0.2, 0) is 33.3 Å². The number of unbranched alkanes of at least 4 members (excludes halogenated alkanes) is 23. The lowest BCUT2D eigenvalue weighted by Gasteiger charge is -2.26. The van der Waals surface area contributed by atoms with Crippen molar-refractivity contribution in [2.24, 2.45) is 0 Å². The quantitative estimate of drug-likeness (QED) is 0.0195. The third-order valence-electron chi connectivity index (χ3n) is 10.8. The lowest BCUT2D eigenvalue weighted by Crippen LogP contribution is -2.44. The molecule has 360 valence electrons. The predicted molar refractivity (Wildman–Crippen MR) is 255 cm³/mol. The number of quaternary nitrogens is 1. The average Bonchev–Trinajstić information content (AvgIpc) is 3.23. The maximum absolute atomic E-state index is 12.8. The average molecular weight is 874 g/mol. The molecule has 0 N–H and O–H groups in total. The molecule has 0 saturated carbocycles. The molecule has 0 bridgehead atoms. The molecule has 0 aliphatic heterocycles. The van der Waals surface area contributed by atoms with E-state index in [2.05, 4.69) is 62.5 Å². The van der Waals surface area contributed by atoms with Crippen LogP contribution in [0.1, 0.15) is 213 Å². The molecular weight excluding hydrogens is 779 g/mol. The Balaban J connectivity index is 4.36. The van der Waals surface area contributed by atoms with E-state index in [1.807, 2.05) is 21.1 Å². The summed E-state index contributed by atoms with van der Waals surface area (Å²) in [5.74, 6) is -2.30. The first-order valence-electron chi connectivity index (χ1n) is 25.3. The van der Waals surface area contributed by atoms with Gasteiger partial charge in [0.05, 0.1) is 40.3 Å². The van der Waals surface area contributed by atoms with Gasteiger partial charge < -0.3 is 33.3 Å². The highest BCUT2D eigenvalue weighted by Crippen LogP contribution is 2.14. The first-order valence-corrected chi connectivity index (χ1v) is 25.3. The third kappa shape index (κ3) is 45.3. The fourth-order valence-corrected chi connectivity index (χ4v) is 6.83. The normalized spacial score (nSPS) is 13.2. The predicted octanol–water partition coefficient (Wildman–Crippen LogP) is 12.6. The Morgan fingerprint density at radius 3 is 1.31 bits per heavy atom. The van der Waals surface area contributed by atoms with Crippen LogP contribution in [0, 0.1) is 0 Å². The second kappa shape index (κ2) is 44.8. The number of rotatable bonds is 46. The molecule has 0 fully saturated rings. The second-order valence-electron chi connectivity index (χ2n) is 18.1. The van der Waals surface area contributed by atoms with E-state index >= 15 is 0 Å². The molecule has 0 heterocycles. The van der Waals surface area contributed by atoms with Crippen molar-refractivity contribution < 1.29 is 42.9 Å². The number of hydrogen-bond acceptors (Lipinski definition) is 8. The van der Waals surface area contributed by atoms with Crippen molar-refractivity contribution in [2.75, 3.05) is 47.5 Å². The first-order chi connectivity index (χ1) is 30.1. The van der Waals surface area contributed by atoms with E-state index in [0.29, 0.717) is 17.4 Å². The lowest BCUT2D eigenvalue weighted by molar-refractivity contribution is -0.870. The summed E-state index contributed by atoms with van der Waals surface area (Å²) in [7, 11) is 5.91. The van der Waals surface area contributed by atoms with Crippen molar-refractivity contribution in [1.29, 1.82) is 0 Å². The molecule has 0 amide bonds. The molecule has 0 spiro atoms. The van der Waals surface area contributed by atoms with Crippen molar-refractivity contribution >= 4 is 17.9 Å². The Morgan fingerprint density at radius 2 is 0.871 bits per heavy atom. The lowest BCUT2D eigenvalue weighted by atomic mass is 10.1. The zero-order chi connectivity index (χ0) is 45.6. The Morgan fingerprint density at radius 1 is 0.484 bits per heavy atom. The summed E-state index contributed by atoms with van der Waals surface area (Å²) in [6.07, 6.45) is 50.0. The van der Waals surface area contributed by atoms with Crippen LogP contribution < -0.4 is 5.11 Å². The number of carboxylic acids is 1. The highest BCUT2D eigenvalue weighted by molar-refractivity contribution is 5.70. The molecule has 0 rings (SSSR count). The van der Waals surface area contributed by atoms with Crippen molar-refractivity contribution in [3.05, 3.63) is 48.6 Å². The highest BCUT2D eigenvalue weighted by Gasteiger charge is 2.21. The van der Waals surface area contributed by atoms with Gasteiger partial charge in [-0.05, 0) is 77.0 Å². The summed E-state index contributed by atoms with van der Waals surface area (Å²) in [6, 6.07) is 0. The SMILES string of the molecule is CCCCCCC/C=C\C/C=C\C/C=C\CCCCCCCCCCC(=O)OC(COC(=O)CCCCCCC/C=C\CCCCCCC)COC(OCC[N+](C)(C)C)C(=O)[O-]. The summed E-state index contributed by atoms with van der Waals surface area (Å²) < 4.78 is 22.6. The minimum Gasteiger partial charge on any atom is -0.545 e. The number of carbonyl (C=O) groups is 3. The van der Waals surface area contributed by atoms with Gasteiger partial charge in [-0.1, -0.05) is 172 Å². The molecule has 9 heteroatoms. The van der Waals surface area contributed by atoms with E-state index in [1.54, 1.807) is 0 Å². The van der Waals surface area contributed by atoms with Gasteiger partial charge in [-0.25, -0.2) is 0 Å². The number of hydrogen-bond donors (Lipinski definition) is 0. The Labute approximate surface area is 381 Å². The summed E-state index contributed by atoms with van der Waals surface area (Å²) in [4.78, 5) is 37.1. The number of likely N-dealkylation sites (N-methyl/N-ethyl adjacent to an activating group) is 1. The van der Waals surface area contributed by atoms with Gasteiger partial charge in [0.1, 0.15) is 13.2 Å². The van der Waals surface area contributed by atoms with Gasteiger partial charge in [0.2, 0.25) is 0 Å². The number of aliphatic carboxylic acids is 1. The number of carbonyl (C=O) groups excluding carboxylic acids is 3. The minimum absolute atomic E-state index is 0.144. The van der Waals surface area contributed by atoms with E-state index in [0.717, 1.165) is 77.0 Å². The zero-order valence-corrected chi connectivity index (χ0v) is 40.7. The Kier molecular flexibility index (Phi) is 42.9. The second-order valence-corrected chi connectivity index (χ2v) is 18.1. The summed E-state index contributed by atoms with van der Waals surface area (Å²) in [6.45, 7) is 4.71. The van der Waals surface area contributed by atoms with Gasteiger partial charge in [0.15, 0.2) is 12.4 Å². The van der Waals surface area contributed by atoms with E-state index in [1.165, 1.54) is 103 Å². The fraction of sp³-hybridized carbons (Fsp3) is 0.792. The highest BCUT2D eigenvalue weighted by atomic mass is 16.7. The van der Waals surface area contributed by atoms with Crippen LogP contribution in [0.2, 0.25) is 0 Å². The number of esters is 2. The molecule has 0 aliphatic carbocycles. The van der Waals surface area contributed by atoms with Gasteiger partial charge in [-0.3, -0.25) is 9.59 Å². The topological polar surface area (TPSA) is 111 Å². The zero-order valence-electron chi connectivity index (χ0n) is 40.7. The maximum atomic E-state index is 12.8. The molecule has 2 atom stereocenters. The van der Waals surface area contributed by atoms with E-state index < -0.39 is 24.3 Å². The van der Waals surface area contributed by atoms with Crippen LogP contribution in [0.5, 0.6) is 0 Å². The van der Waals surface area contributed by atoms with Gasteiger partial charge in [0.25, 0.3) is 0 Å². The van der Waals surface area contributed by atoms with Crippen molar-refractivity contribution in [1.82, 2.24) is 0 Å². The Hall–Kier alpha value is -2.75. The molecule has 0 radical (unpaired) electrons. The van der Waals surface area contributed by atoms with Crippen LogP contribution in [0.25, 0.3) is 0 Å². The van der Waals surface area contributed by atoms with Gasteiger partial charge >= 0.3 is 11.9 Å². The molecule has 62 heavy (non-hydrogen) atoms. The standard InChI is InChI=1S/C53H95NO8/c1-6-8-10-12-14-16-18-20-22-23-24-25-26-27-28-29-30-32-34-36-38-40-42-44-51(56)62-49(48-61-53(52(57)58)59-46-45-54(3,4)5)47-60-50(55)43-41-39-37-35-33-31-21-19-17-15-13-11-9-7-2/h18-21,23-24,26-27,49,53H,6-17,22,25,28-48H2,1-5H3/b20-18-,21-19-,24-23-,27-26-. The van der Waals surface area contributed by atoms with Crippen LogP contribution in [0.15, 0.2) is 48.6 Å². The smallest absolute Gasteiger partial charge is 0.306 e. The summed E-state index contributed by atoms with van der Waals surface area (Å²) in [5, 5.41) is 11.7. The van der Waals surface area contributed by atoms with Crippen LogP contribution in [0.4, 0.5) is 0 Å². The van der Waals surface area contributed by atoms with Crippen LogP contribution in [-0.4, -0.2) is 82.3 Å². The van der Waals surface area contributed by atoms with Gasteiger partial charge in [0, 0.05) is 12.8 Å². The molecule has 0 aromatic heterocycles. The molecule has 0 aliphatic rings. The number of allylic oxidation sites excluding steroid dienone is 8. The number of nitrogens with zero attached hydrogens (tertiary/aromatic N) is 1. The molecule has 2 unspecified atom stereocenters. The maximum Gasteiger partial charge on any atom is 0.306 e. The third-order valence-corrected chi connectivity index (χ3v) is 10.8. The molecule has 0 saturated heterocycles. The monoisotopic (exact) mass is 874 g/mol. The number of ether oxygens (including phenoxy) is 4. The molecule has 9 nitrogen and oxygen atoms in total. The van der Waals surface area contributed by atoms with Crippen LogP contribution in [0.3, 0.4) is 0 Å². The molecular formula is C53H95NO8. The van der Waals surface area contributed by atoms with E-state index in [9.17, 15) is 19.5 Å². The van der Waals surface area contributed by atoms with Crippen molar-refractivity contribution in [3.63, 3.8) is 0 Å². The Bertz CT molecular complexity index is 1160. The van der Waals surface area contributed by atoms with Crippen molar-refractivity contribution in [3.8, 4) is 0 Å². The van der Waals surface area contributed by atoms with Crippen LogP contribution >= 0.6 is 0 Å². The summed E-state index contributed by atoms with van der Waals surface area (Å²) >= 11 is 0. The molecule has 0 aromatic rings. The fourth-order valence-electron chi connectivity index (χ4n) is 6.83. The number of carboxylic acid groups (broad SMARTS) is 1. The van der Waals surface area contributed by atoms with Gasteiger partial charge in [-0.15, -0.1) is 0 Å². The van der Waals surface area contributed by atoms with E-state index in [-0.39, 0.29) is 38.6 Å². The van der Waals surface area contributed by atoms with Gasteiger partial charge in [-0.2, -0.15) is 0 Å². The molecule has 0 aromatic carbocycles. The largest absolute Gasteiger partial charge is 0.545 e.